The normalized spacial score (nSPS) is 25.8. The summed E-state index contributed by atoms with van der Waals surface area (Å²) in [5, 5.41) is 17.7. The summed E-state index contributed by atoms with van der Waals surface area (Å²) in [6.07, 6.45) is 5.27. The molecule has 1 heterocycles. The maximum atomic E-state index is 14.4. The summed E-state index contributed by atoms with van der Waals surface area (Å²) in [4.78, 5) is 54.8. The molecule has 1 saturated heterocycles. The molecule has 2 saturated carbocycles. The van der Waals surface area contributed by atoms with E-state index in [-0.39, 0.29) is 37.8 Å². The minimum atomic E-state index is -1.44. The molecule has 0 bridgehead atoms. The third-order valence-corrected chi connectivity index (χ3v) is 9.29. The molecule has 5 rings (SSSR count). The van der Waals surface area contributed by atoms with E-state index >= 15 is 0 Å². The van der Waals surface area contributed by atoms with Gasteiger partial charge in [0.25, 0.3) is 0 Å². The van der Waals surface area contributed by atoms with Gasteiger partial charge in [0.1, 0.15) is 23.2 Å². The van der Waals surface area contributed by atoms with E-state index in [9.17, 15) is 24.3 Å². The number of fused-ring (bicyclic) bond motifs is 1. The van der Waals surface area contributed by atoms with Crippen LogP contribution >= 0.6 is 0 Å². The van der Waals surface area contributed by atoms with Crippen LogP contribution in [0.1, 0.15) is 71.3 Å². The van der Waals surface area contributed by atoms with Gasteiger partial charge in [-0.3, -0.25) is 9.59 Å². The van der Waals surface area contributed by atoms with Crippen molar-refractivity contribution in [1.82, 2.24) is 15.5 Å². The number of hydrogen-bond donors (Lipinski definition) is 3. The van der Waals surface area contributed by atoms with Crippen molar-refractivity contribution in [2.45, 2.75) is 102 Å². The monoisotopic (exact) mass is 619 g/mol. The summed E-state index contributed by atoms with van der Waals surface area (Å²) in [5.41, 5.74) is -1.20. The minimum Gasteiger partial charge on any atom is -0.479 e. The second-order valence-corrected chi connectivity index (χ2v) is 13.6. The van der Waals surface area contributed by atoms with E-state index in [4.69, 9.17) is 9.47 Å². The lowest BCUT2D eigenvalue weighted by Gasteiger charge is -2.35. The summed E-state index contributed by atoms with van der Waals surface area (Å²) in [7, 11) is 0. The van der Waals surface area contributed by atoms with Crippen LogP contribution in [-0.4, -0.2) is 69.8 Å². The summed E-state index contributed by atoms with van der Waals surface area (Å²) >= 11 is 0. The highest BCUT2D eigenvalue weighted by Crippen LogP contribution is 2.45. The third-order valence-electron chi connectivity index (χ3n) is 9.29. The van der Waals surface area contributed by atoms with Gasteiger partial charge in [-0.2, -0.15) is 0 Å². The molecule has 1 unspecified atom stereocenters. The first-order chi connectivity index (χ1) is 21.4. The average Bonchev–Trinajstić information content (AvgIpc) is 3.56. The number of carboxylic acid groups (broad SMARTS) is 1. The molecule has 242 valence electrons. The number of carbonyl (C=O) groups excluding carboxylic acids is 3. The van der Waals surface area contributed by atoms with Gasteiger partial charge in [0.2, 0.25) is 11.8 Å². The topological polar surface area (TPSA) is 134 Å². The Morgan fingerprint density at radius 3 is 2.47 bits per heavy atom. The summed E-state index contributed by atoms with van der Waals surface area (Å²) < 4.78 is 11.9. The fourth-order valence-corrected chi connectivity index (χ4v) is 6.82. The van der Waals surface area contributed by atoms with Crippen LogP contribution in [0.5, 0.6) is 0 Å². The number of hydrogen-bond acceptors (Lipinski definition) is 6. The number of carbonyl (C=O) groups is 4. The lowest BCUT2D eigenvalue weighted by molar-refractivity contribution is -0.146. The van der Waals surface area contributed by atoms with Gasteiger partial charge in [0.15, 0.2) is 0 Å². The fraction of sp³-hybridized carbons (Fsp3) is 0.543. The largest absolute Gasteiger partial charge is 0.479 e. The first kappa shape index (κ1) is 32.5. The molecule has 5 atom stereocenters. The predicted molar refractivity (Wildman–Crippen MR) is 169 cm³/mol. The Bertz CT molecular complexity index is 1440. The molecular formula is C35H45N3O7. The van der Waals surface area contributed by atoms with E-state index in [2.05, 4.69) is 17.2 Å². The molecule has 45 heavy (non-hydrogen) atoms. The van der Waals surface area contributed by atoms with E-state index in [0.29, 0.717) is 0 Å². The molecule has 0 spiro atoms. The number of aliphatic carboxylic acids is 1. The van der Waals surface area contributed by atoms with Crippen molar-refractivity contribution >= 4 is 34.6 Å². The standard InChI is InChI=1S/C35H45N3O7/c1-5-25-19-35(25,32(41)42)37-30(39)28-18-26(44-21-24-16-11-15-22-12-9-10-17-27(22)24)20-38(28)31(40)29(23-13-7-6-8-14-23)36-33(43)45-34(2,3)4/h5,9-12,15-17,23,25-26,28-29H,1,6-8,13-14,18-21H2,2-4H3,(H,36,43)(H,37,39)(H,41,42)/t25-,26+,28-,29-,35?/m0/s1. The number of rotatable bonds is 10. The Kier molecular flexibility index (Phi) is 9.53. The molecule has 1 aliphatic heterocycles. The predicted octanol–water partition coefficient (Wildman–Crippen LogP) is 4.95. The van der Waals surface area contributed by atoms with Crippen LogP contribution < -0.4 is 10.6 Å². The number of nitrogens with one attached hydrogen (secondary N) is 2. The minimum absolute atomic E-state index is 0.114. The van der Waals surface area contributed by atoms with Crippen LogP contribution in [0.15, 0.2) is 55.1 Å². The van der Waals surface area contributed by atoms with Crippen molar-refractivity contribution in [3.8, 4) is 0 Å². The molecule has 10 heteroatoms. The van der Waals surface area contributed by atoms with Gasteiger partial charge in [-0.05, 0) is 62.3 Å². The molecule has 0 aromatic heterocycles. The number of nitrogens with zero attached hydrogens (tertiary/aromatic N) is 1. The van der Waals surface area contributed by atoms with E-state index in [0.717, 1.165) is 48.4 Å². The lowest BCUT2D eigenvalue weighted by Crippen LogP contribution is -2.58. The van der Waals surface area contributed by atoms with Gasteiger partial charge >= 0.3 is 12.1 Å². The maximum Gasteiger partial charge on any atom is 0.408 e. The molecule has 3 fully saturated rings. The molecule has 3 amide bonds. The Morgan fingerprint density at radius 1 is 1.09 bits per heavy atom. The molecule has 3 N–H and O–H groups in total. The molecule has 3 aliphatic rings. The van der Waals surface area contributed by atoms with Gasteiger partial charge in [0, 0.05) is 18.9 Å². The average molecular weight is 620 g/mol. The highest BCUT2D eigenvalue weighted by molar-refractivity contribution is 5.96. The summed E-state index contributed by atoms with van der Waals surface area (Å²) in [5.74, 6) is -2.58. The van der Waals surface area contributed by atoms with Crippen LogP contribution in [0.4, 0.5) is 4.79 Å². The Labute approximate surface area is 264 Å². The van der Waals surface area contributed by atoms with Crippen molar-refractivity contribution in [3.05, 3.63) is 60.7 Å². The van der Waals surface area contributed by atoms with Crippen LogP contribution in [0.2, 0.25) is 0 Å². The molecule has 10 nitrogen and oxygen atoms in total. The molecule has 2 aliphatic carbocycles. The second-order valence-electron chi connectivity index (χ2n) is 13.6. The number of likely N-dealkylation sites (tertiary alicyclic amines) is 1. The third kappa shape index (κ3) is 7.32. The van der Waals surface area contributed by atoms with Crippen molar-refractivity contribution < 1.29 is 33.8 Å². The van der Waals surface area contributed by atoms with Gasteiger partial charge in [-0.15, -0.1) is 6.58 Å². The Balaban J connectivity index is 1.39. The van der Waals surface area contributed by atoms with Crippen molar-refractivity contribution in [1.29, 1.82) is 0 Å². The summed E-state index contributed by atoms with van der Waals surface area (Å²) in [6, 6.07) is 12.2. The maximum absolute atomic E-state index is 14.4. The van der Waals surface area contributed by atoms with Crippen molar-refractivity contribution in [2.24, 2.45) is 11.8 Å². The van der Waals surface area contributed by atoms with Crippen LogP contribution in [0, 0.1) is 11.8 Å². The summed E-state index contributed by atoms with van der Waals surface area (Å²) in [6.45, 7) is 9.40. The first-order valence-corrected chi connectivity index (χ1v) is 16.0. The van der Waals surface area contributed by atoms with E-state index in [1.54, 1.807) is 20.8 Å². The molecule has 0 radical (unpaired) electrons. The van der Waals surface area contributed by atoms with Crippen LogP contribution in [0.25, 0.3) is 10.8 Å². The fourth-order valence-electron chi connectivity index (χ4n) is 6.82. The van der Waals surface area contributed by atoms with E-state index < -0.39 is 53.2 Å². The van der Waals surface area contributed by atoms with Gasteiger partial charge in [-0.25, -0.2) is 9.59 Å². The Hall–Kier alpha value is -3.92. The molecular weight excluding hydrogens is 574 g/mol. The molecule has 2 aromatic rings. The SMILES string of the molecule is C=C[C@H]1CC1(NC(=O)[C@@H]1C[C@@H](OCc2cccc3ccccc23)CN1C(=O)[C@@H](NC(=O)OC(C)(C)C)C1CCCCC1)C(=O)O. The number of benzene rings is 2. The van der Waals surface area contributed by atoms with Crippen molar-refractivity contribution in [3.63, 3.8) is 0 Å². The zero-order chi connectivity index (χ0) is 32.4. The van der Waals surface area contributed by atoms with E-state index in [1.165, 1.54) is 11.0 Å². The number of alkyl carbamates (subject to hydrolysis) is 1. The molecule has 2 aromatic carbocycles. The zero-order valence-corrected chi connectivity index (χ0v) is 26.4. The number of ether oxygens (including phenoxy) is 2. The van der Waals surface area contributed by atoms with E-state index in [1.807, 2.05) is 42.5 Å². The Morgan fingerprint density at radius 2 is 1.80 bits per heavy atom. The highest BCUT2D eigenvalue weighted by Gasteiger charge is 2.61. The lowest BCUT2D eigenvalue weighted by atomic mass is 9.83. The zero-order valence-electron chi connectivity index (χ0n) is 26.4. The van der Waals surface area contributed by atoms with Gasteiger partial charge < -0.3 is 30.1 Å². The number of carboxylic acids is 1. The quantitative estimate of drug-likeness (QED) is 0.321. The first-order valence-electron chi connectivity index (χ1n) is 16.0. The van der Waals surface area contributed by atoms with Crippen LogP contribution in [-0.2, 0) is 30.5 Å². The highest BCUT2D eigenvalue weighted by atomic mass is 16.6. The van der Waals surface area contributed by atoms with Crippen molar-refractivity contribution in [2.75, 3.05) is 6.54 Å². The second kappa shape index (κ2) is 13.2. The van der Waals surface area contributed by atoms with Crippen LogP contribution in [0.3, 0.4) is 0 Å². The van der Waals surface area contributed by atoms with Gasteiger partial charge in [0.05, 0.1) is 12.7 Å². The smallest absolute Gasteiger partial charge is 0.408 e. The number of amides is 3. The van der Waals surface area contributed by atoms with Gasteiger partial charge in [-0.1, -0.05) is 67.8 Å².